The summed E-state index contributed by atoms with van der Waals surface area (Å²) in [6.07, 6.45) is 0. The number of nitrogens with one attached hydrogen (secondary N) is 1. The molecule has 0 atom stereocenters. The van der Waals surface area contributed by atoms with Crippen molar-refractivity contribution in [2.24, 2.45) is 0 Å². The topological polar surface area (TPSA) is 58.6 Å². The summed E-state index contributed by atoms with van der Waals surface area (Å²) >= 11 is 0. The second-order valence-corrected chi connectivity index (χ2v) is 3.88. The Balaban J connectivity index is 2.08. The normalized spacial score (nSPS) is 15.7. The van der Waals surface area contributed by atoms with Crippen LogP contribution in [0.5, 0.6) is 5.75 Å². The number of hydrogen-bond donors (Lipinski definition) is 1. The molecular formula is C12H14N2O3. The van der Waals surface area contributed by atoms with Gasteiger partial charge in [-0.3, -0.25) is 9.59 Å². The Bertz CT molecular complexity index is 445. The summed E-state index contributed by atoms with van der Waals surface area (Å²) in [7, 11) is 1.60. The quantitative estimate of drug-likeness (QED) is 0.810. The van der Waals surface area contributed by atoms with E-state index < -0.39 is 0 Å². The van der Waals surface area contributed by atoms with Crippen molar-refractivity contribution in [3.05, 3.63) is 29.8 Å². The van der Waals surface area contributed by atoms with Crippen LogP contribution in [0, 0.1) is 0 Å². The molecule has 5 nitrogen and oxygen atoms in total. The second kappa shape index (κ2) is 4.86. The lowest BCUT2D eigenvalue weighted by Gasteiger charge is -2.26. The molecule has 0 saturated carbocycles. The molecule has 0 spiro atoms. The summed E-state index contributed by atoms with van der Waals surface area (Å²) in [5.74, 6) is 0.566. The molecule has 2 rings (SSSR count). The van der Waals surface area contributed by atoms with Crippen molar-refractivity contribution in [2.45, 2.75) is 6.54 Å². The van der Waals surface area contributed by atoms with Crippen LogP contribution in [-0.2, 0) is 16.1 Å². The van der Waals surface area contributed by atoms with Gasteiger partial charge in [0.2, 0.25) is 11.8 Å². The van der Waals surface area contributed by atoms with Crippen LogP contribution in [0.3, 0.4) is 0 Å². The molecule has 2 amide bonds. The molecule has 1 aromatic rings. The highest BCUT2D eigenvalue weighted by atomic mass is 16.5. The first kappa shape index (κ1) is 11.4. The van der Waals surface area contributed by atoms with Gasteiger partial charge in [-0.25, -0.2) is 0 Å². The van der Waals surface area contributed by atoms with E-state index in [2.05, 4.69) is 5.32 Å². The molecule has 5 heteroatoms. The van der Waals surface area contributed by atoms with E-state index in [1.165, 1.54) is 4.90 Å². The third-order valence-corrected chi connectivity index (χ3v) is 2.63. The van der Waals surface area contributed by atoms with Gasteiger partial charge < -0.3 is 15.0 Å². The number of carbonyl (C=O) groups excluding carboxylic acids is 2. The largest absolute Gasteiger partial charge is 0.497 e. The van der Waals surface area contributed by atoms with Gasteiger partial charge in [0.05, 0.1) is 20.2 Å². The van der Waals surface area contributed by atoms with Gasteiger partial charge in [-0.1, -0.05) is 12.1 Å². The number of rotatable bonds is 3. The lowest BCUT2D eigenvalue weighted by atomic mass is 10.2. The van der Waals surface area contributed by atoms with E-state index in [1.54, 1.807) is 7.11 Å². The minimum Gasteiger partial charge on any atom is -0.497 e. The number of carbonyl (C=O) groups is 2. The van der Waals surface area contributed by atoms with Crippen molar-refractivity contribution in [2.75, 3.05) is 20.2 Å². The fourth-order valence-corrected chi connectivity index (χ4v) is 1.74. The van der Waals surface area contributed by atoms with Crippen LogP contribution in [0.25, 0.3) is 0 Å². The molecule has 1 heterocycles. The SMILES string of the molecule is COc1cccc(CN2CC(=O)NCC2=O)c1. The van der Waals surface area contributed by atoms with E-state index in [4.69, 9.17) is 4.74 Å². The Labute approximate surface area is 99.4 Å². The molecule has 0 aromatic heterocycles. The van der Waals surface area contributed by atoms with Crippen LogP contribution in [0.15, 0.2) is 24.3 Å². The van der Waals surface area contributed by atoms with Crippen LogP contribution in [0.4, 0.5) is 0 Å². The van der Waals surface area contributed by atoms with Gasteiger partial charge in [-0.15, -0.1) is 0 Å². The average molecular weight is 234 g/mol. The van der Waals surface area contributed by atoms with Gasteiger partial charge >= 0.3 is 0 Å². The van der Waals surface area contributed by atoms with Crippen molar-refractivity contribution in [1.29, 1.82) is 0 Å². The minimum absolute atomic E-state index is 0.0626. The lowest BCUT2D eigenvalue weighted by Crippen LogP contribution is -2.50. The van der Waals surface area contributed by atoms with Crippen LogP contribution in [0.1, 0.15) is 5.56 Å². The van der Waals surface area contributed by atoms with Crippen molar-refractivity contribution in [3.63, 3.8) is 0 Å². The zero-order valence-corrected chi connectivity index (χ0v) is 9.60. The summed E-state index contributed by atoms with van der Waals surface area (Å²) in [5, 5.41) is 2.52. The number of piperazine rings is 1. The number of ether oxygens (including phenoxy) is 1. The molecule has 0 unspecified atom stereocenters. The number of benzene rings is 1. The third kappa shape index (κ3) is 2.75. The van der Waals surface area contributed by atoms with Gasteiger partial charge in [0, 0.05) is 6.54 Å². The highest BCUT2D eigenvalue weighted by Crippen LogP contribution is 2.14. The van der Waals surface area contributed by atoms with E-state index >= 15 is 0 Å². The zero-order chi connectivity index (χ0) is 12.3. The molecular weight excluding hydrogens is 220 g/mol. The molecule has 90 valence electrons. The van der Waals surface area contributed by atoms with E-state index in [1.807, 2.05) is 24.3 Å². The molecule has 1 aliphatic heterocycles. The van der Waals surface area contributed by atoms with Gasteiger partial charge in [0.15, 0.2) is 0 Å². The molecule has 0 radical (unpaired) electrons. The summed E-state index contributed by atoms with van der Waals surface area (Å²) in [5.41, 5.74) is 0.951. The Morgan fingerprint density at radius 2 is 2.24 bits per heavy atom. The highest BCUT2D eigenvalue weighted by Gasteiger charge is 2.22. The van der Waals surface area contributed by atoms with Crippen molar-refractivity contribution < 1.29 is 14.3 Å². The maximum atomic E-state index is 11.6. The zero-order valence-electron chi connectivity index (χ0n) is 9.60. The van der Waals surface area contributed by atoms with Crippen molar-refractivity contribution >= 4 is 11.8 Å². The summed E-state index contributed by atoms with van der Waals surface area (Å²) in [6, 6.07) is 7.47. The van der Waals surface area contributed by atoms with Crippen molar-refractivity contribution in [3.8, 4) is 5.75 Å². The van der Waals surface area contributed by atoms with Crippen molar-refractivity contribution in [1.82, 2.24) is 10.2 Å². The first-order valence-electron chi connectivity index (χ1n) is 5.36. The monoisotopic (exact) mass is 234 g/mol. The minimum atomic E-state index is -0.118. The molecule has 1 N–H and O–H groups in total. The Morgan fingerprint density at radius 3 is 3.00 bits per heavy atom. The van der Waals surface area contributed by atoms with E-state index in [0.29, 0.717) is 6.54 Å². The van der Waals surface area contributed by atoms with Gasteiger partial charge in [-0.05, 0) is 17.7 Å². The number of amides is 2. The highest BCUT2D eigenvalue weighted by molar-refractivity contribution is 5.92. The first-order valence-corrected chi connectivity index (χ1v) is 5.36. The predicted molar refractivity (Wildman–Crippen MR) is 61.4 cm³/mol. The standard InChI is InChI=1S/C12H14N2O3/c1-17-10-4-2-3-9(5-10)7-14-8-11(15)13-6-12(14)16/h2-5H,6-8H2,1H3,(H,13,15). The fourth-order valence-electron chi connectivity index (χ4n) is 1.74. The van der Waals surface area contributed by atoms with Gasteiger partial charge in [-0.2, -0.15) is 0 Å². The van der Waals surface area contributed by atoms with Crippen LogP contribution < -0.4 is 10.1 Å². The fraction of sp³-hybridized carbons (Fsp3) is 0.333. The molecule has 0 bridgehead atoms. The molecule has 1 fully saturated rings. The lowest BCUT2D eigenvalue weighted by molar-refractivity contribution is -0.141. The third-order valence-electron chi connectivity index (χ3n) is 2.63. The molecule has 0 aliphatic carbocycles. The maximum Gasteiger partial charge on any atom is 0.242 e. The number of nitrogens with zero attached hydrogens (tertiary/aromatic N) is 1. The molecule has 17 heavy (non-hydrogen) atoms. The Kier molecular flexibility index (Phi) is 3.27. The van der Waals surface area contributed by atoms with E-state index in [-0.39, 0.29) is 24.9 Å². The van der Waals surface area contributed by atoms with E-state index in [9.17, 15) is 9.59 Å². The van der Waals surface area contributed by atoms with Gasteiger partial charge in [0.1, 0.15) is 5.75 Å². The summed E-state index contributed by atoms with van der Waals surface area (Å²) in [4.78, 5) is 24.3. The summed E-state index contributed by atoms with van der Waals surface area (Å²) < 4.78 is 5.11. The van der Waals surface area contributed by atoms with Crippen LogP contribution in [0.2, 0.25) is 0 Å². The second-order valence-electron chi connectivity index (χ2n) is 3.88. The molecule has 1 aromatic carbocycles. The van der Waals surface area contributed by atoms with Crippen LogP contribution in [-0.4, -0.2) is 36.9 Å². The molecule has 1 saturated heterocycles. The summed E-state index contributed by atoms with van der Waals surface area (Å²) in [6.45, 7) is 0.641. The maximum absolute atomic E-state index is 11.6. The molecule has 1 aliphatic rings. The van der Waals surface area contributed by atoms with Crippen LogP contribution >= 0.6 is 0 Å². The number of methoxy groups -OCH3 is 1. The van der Waals surface area contributed by atoms with E-state index in [0.717, 1.165) is 11.3 Å². The average Bonchev–Trinajstić information content (AvgIpc) is 2.34. The smallest absolute Gasteiger partial charge is 0.242 e. The predicted octanol–water partition coefficient (Wildman–Crippen LogP) is 0.154. The Morgan fingerprint density at radius 1 is 1.41 bits per heavy atom. The number of hydrogen-bond acceptors (Lipinski definition) is 3. The first-order chi connectivity index (χ1) is 8.19. The van der Waals surface area contributed by atoms with Gasteiger partial charge in [0.25, 0.3) is 0 Å². The Hall–Kier alpha value is -2.04.